The lowest BCUT2D eigenvalue weighted by atomic mass is 10.2. The molecule has 33 heavy (non-hydrogen) atoms. The molecule has 0 saturated heterocycles. The molecular formula is C23H17BrClN3O4S. The fourth-order valence-corrected chi connectivity index (χ4v) is 4.76. The van der Waals surface area contributed by atoms with Gasteiger partial charge >= 0.3 is 5.97 Å². The van der Waals surface area contributed by atoms with E-state index in [1.165, 1.54) is 0 Å². The number of benzene rings is 2. The molecule has 0 aliphatic carbocycles. The Hall–Kier alpha value is -3.01. The van der Waals surface area contributed by atoms with Crippen molar-refractivity contribution in [1.82, 2.24) is 9.78 Å². The summed E-state index contributed by atoms with van der Waals surface area (Å²) >= 11 is 10.6. The summed E-state index contributed by atoms with van der Waals surface area (Å²) in [4.78, 5) is 39.0. The smallest absolute Gasteiger partial charge is 0.359 e. The zero-order valence-corrected chi connectivity index (χ0v) is 20.7. The first-order valence-corrected chi connectivity index (χ1v) is 11.9. The van der Waals surface area contributed by atoms with Crippen LogP contribution in [-0.2, 0) is 4.74 Å². The van der Waals surface area contributed by atoms with Crippen LogP contribution in [0.3, 0.4) is 0 Å². The molecule has 2 heterocycles. The average Bonchev–Trinajstić information content (AvgIpc) is 3.20. The van der Waals surface area contributed by atoms with Gasteiger partial charge in [-0.15, -0.1) is 11.3 Å². The van der Waals surface area contributed by atoms with Gasteiger partial charge in [-0.05, 0) is 49.7 Å². The van der Waals surface area contributed by atoms with Crippen LogP contribution in [0.25, 0.3) is 16.5 Å². The number of ether oxygens (including phenoxy) is 1. The van der Waals surface area contributed by atoms with Crippen LogP contribution in [0.5, 0.6) is 0 Å². The molecule has 10 heteroatoms. The number of carbonyl (C=O) groups is 2. The van der Waals surface area contributed by atoms with Gasteiger partial charge in [-0.25, -0.2) is 4.79 Å². The Morgan fingerprint density at radius 1 is 1.24 bits per heavy atom. The largest absolute Gasteiger partial charge is 0.461 e. The van der Waals surface area contributed by atoms with E-state index in [1.54, 1.807) is 48.7 Å². The molecule has 1 N–H and O–H groups in total. The second-order valence-corrected chi connectivity index (χ2v) is 9.26. The first-order valence-electron chi connectivity index (χ1n) is 9.85. The van der Waals surface area contributed by atoms with E-state index >= 15 is 0 Å². The highest BCUT2D eigenvalue weighted by atomic mass is 79.9. The summed E-state index contributed by atoms with van der Waals surface area (Å²) in [6.07, 6.45) is 0. The lowest BCUT2D eigenvalue weighted by Gasteiger charge is -2.10. The van der Waals surface area contributed by atoms with E-state index < -0.39 is 17.4 Å². The van der Waals surface area contributed by atoms with E-state index in [2.05, 4.69) is 26.3 Å². The standard InChI is InChI=1S/C23H17BrClN3O4S/c1-3-32-23(31)19-16-11-33-21(26-20(29)15-10-13(24)7-8-17(15)25)18(16)22(30)28(27-19)14-6-4-5-12(2)9-14/h4-11H,3H2,1-2H3,(H,26,29). The highest BCUT2D eigenvalue weighted by Crippen LogP contribution is 2.32. The number of amides is 1. The molecule has 0 bridgehead atoms. The van der Waals surface area contributed by atoms with E-state index in [-0.39, 0.29) is 33.3 Å². The molecule has 7 nitrogen and oxygen atoms in total. The summed E-state index contributed by atoms with van der Waals surface area (Å²) in [6, 6.07) is 12.1. The number of halogens is 2. The summed E-state index contributed by atoms with van der Waals surface area (Å²) in [5, 5.41) is 9.69. The number of hydrogen-bond acceptors (Lipinski definition) is 6. The molecule has 4 rings (SSSR count). The molecular weight excluding hydrogens is 530 g/mol. The van der Waals surface area contributed by atoms with Gasteiger partial charge in [-0.3, -0.25) is 9.59 Å². The number of thiophene rings is 1. The van der Waals surface area contributed by atoms with Crippen molar-refractivity contribution in [2.75, 3.05) is 11.9 Å². The van der Waals surface area contributed by atoms with Gasteiger partial charge < -0.3 is 10.1 Å². The van der Waals surface area contributed by atoms with Crippen molar-refractivity contribution in [3.05, 3.63) is 84.5 Å². The molecule has 0 spiro atoms. The summed E-state index contributed by atoms with van der Waals surface area (Å²) in [7, 11) is 0. The molecule has 0 saturated carbocycles. The van der Waals surface area contributed by atoms with Gasteiger partial charge in [0, 0.05) is 15.2 Å². The van der Waals surface area contributed by atoms with Crippen LogP contribution in [0, 0.1) is 6.92 Å². The third-order valence-corrected chi connectivity index (χ3v) is 6.49. The topological polar surface area (TPSA) is 90.3 Å². The van der Waals surface area contributed by atoms with Crippen molar-refractivity contribution in [3.63, 3.8) is 0 Å². The Bertz CT molecular complexity index is 1460. The zero-order chi connectivity index (χ0) is 23.7. The van der Waals surface area contributed by atoms with E-state index in [1.807, 2.05) is 13.0 Å². The van der Waals surface area contributed by atoms with Crippen LogP contribution in [0.15, 0.2) is 57.1 Å². The number of esters is 1. The maximum atomic E-state index is 13.5. The molecule has 0 aliphatic heterocycles. The van der Waals surface area contributed by atoms with Gasteiger partial charge in [0.1, 0.15) is 5.00 Å². The van der Waals surface area contributed by atoms with Gasteiger partial charge in [0.25, 0.3) is 11.5 Å². The Morgan fingerprint density at radius 2 is 2.03 bits per heavy atom. The zero-order valence-electron chi connectivity index (χ0n) is 17.5. The molecule has 0 atom stereocenters. The van der Waals surface area contributed by atoms with Gasteiger partial charge in [-0.2, -0.15) is 9.78 Å². The minimum atomic E-state index is -0.658. The van der Waals surface area contributed by atoms with Crippen molar-refractivity contribution in [2.45, 2.75) is 13.8 Å². The number of fused-ring (bicyclic) bond motifs is 1. The van der Waals surface area contributed by atoms with Crippen LogP contribution in [0.2, 0.25) is 5.02 Å². The monoisotopic (exact) mass is 545 g/mol. The quantitative estimate of drug-likeness (QED) is 0.329. The minimum Gasteiger partial charge on any atom is -0.461 e. The van der Waals surface area contributed by atoms with E-state index in [0.717, 1.165) is 21.6 Å². The first-order chi connectivity index (χ1) is 15.8. The minimum absolute atomic E-state index is 0.00908. The lowest BCUT2D eigenvalue weighted by Crippen LogP contribution is -2.25. The van der Waals surface area contributed by atoms with Crippen molar-refractivity contribution in [2.24, 2.45) is 0 Å². The fourth-order valence-electron chi connectivity index (χ4n) is 3.27. The number of aromatic nitrogens is 2. The van der Waals surface area contributed by atoms with E-state index in [0.29, 0.717) is 15.5 Å². The summed E-state index contributed by atoms with van der Waals surface area (Å²) in [5.41, 5.74) is 1.17. The Morgan fingerprint density at radius 3 is 2.76 bits per heavy atom. The second kappa shape index (κ2) is 9.46. The Balaban J connectivity index is 1.90. The molecule has 0 unspecified atom stereocenters. The first kappa shape index (κ1) is 23.2. The number of hydrogen-bond donors (Lipinski definition) is 1. The second-order valence-electron chi connectivity index (χ2n) is 7.06. The summed E-state index contributed by atoms with van der Waals surface area (Å²) < 4.78 is 6.99. The number of aryl methyl sites for hydroxylation is 1. The third-order valence-electron chi connectivity index (χ3n) is 4.77. The molecule has 2 aromatic heterocycles. The van der Waals surface area contributed by atoms with Gasteiger partial charge in [0.05, 0.1) is 28.3 Å². The van der Waals surface area contributed by atoms with Crippen LogP contribution in [-0.4, -0.2) is 28.3 Å². The van der Waals surface area contributed by atoms with Crippen molar-refractivity contribution in [1.29, 1.82) is 0 Å². The third kappa shape index (κ3) is 4.57. The maximum Gasteiger partial charge on any atom is 0.359 e. The van der Waals surface area contributed by atoms with Gasteiger partial charge in [-0.1, -0.05) is 39.7 Å². The molecule has 0 aliphatic rings. The SMILES string of the molecule is CCOC(=O)c1nn(-c2cccc(C)c2)c(=O)c2c(NC(=O)c3cc(Br)ccc3Cl)scc12. The molecule has 2 aromatic carbocycles. The lowest BCUT2D eigenvalue weighted by molar-refractivity contribution is 0.0520. The normalized spacial score (nSPS) is 10.9. The maximum absolute atomic E-state index is 13.5. The number of anilines is 1. The van der Waals surface area contributed by atoms with Crippen molar-refractivity contribution in [3.8, 4) is 5.69 Å². The highest BCUT2D eigenvalue weighted by molar-refractivity contribution is 9.10. The Kier molecular flexibility index (Phi) is 6.64. The van der Waals surface area contributed by atoms with Gasteiger partial charge in [0.15, 0.2) is 5.69 Å². The summed E-state index contributed by atoms with van der Waals surface area (Å²) in [5.74, 6) is -1.14. The van der Waals surface area contributed by atoms with Gasteiger partial charge in [0.2, 0.25) is 0 Å². The van der Waals surface area contributed by atoms with E-state index in [9.17, 15) is 14.4 Å². The molecule has 0 fully saturated rings. The molecule has 0 radical (unpaired) electrons. The van der Waals surface area contributed by atoms with Crippen LogP contribution in [0.1, 0.15) is 33.3 Å². The molecule has 1 amide bonds. The predicted molar refractivity (Wildman–Crippen MR) is 133 cm³/mol. The van der Waals surface area contributed by atoms with Crippen LogP contribution < -0.4 is 10.9 Å². The number of carbonyl (C=O) groups excluding carboxylic acids is 2. The average molecular weight is 547 g/mol. The van der Waals surface area contributed by atoms with Crippen molar-refractivity contribution >= 4 is 66.5 Å². The van der Waals surface area contributed by atoms with E-state index in [4.69, 9.17) is 16.3 Å². The number of rotatable bonds is 5. The highest BCUT2D eigenvalue weighted by Gasteiger charge is 2.24. The number of nitrogens with zero attached hydrogens (tertiary/aromatic N) is 2. The predicted octanol–water partition coefficient (Wildman–Crippen LogP) is 5.60. The van der Waals surface area contributed by atoms with Crippen LogP contribution in [0.4, 0.5) is 5.00 Å². The van der Waals surface area contributed by atoms with Crippen molar-refractivity contribution < 1.29 is 14.3 Å². The molecule has 168 valence electrons. The number of nitrogens with one attached hydrogen (secondary N) is 1. The Labute approximate surface area is 206 Å². The van der Waals surface area contributed by atoms with Crippen LogP contribution >= 0.6 is 38.9 Å². The summed E-state index contributed by atoms with van der Waals surface area (Å²) in [6.45, 7) is 3.73. The molecule has 4 aromatic rings. The fraction of sp³-hybridized carbons (Fsp3) is 0.130.